The van der Waals surface area contributed by atoms with E-state index in [-0.39, 0.29) is 0 Å². The van der Waals surface area contributed by atoms with Gasteiger partial charge in [0.15, 0.2) is 0 Å². The van der Waals surface area contributed by atoms with E-state index in [4.69, 9.17) is 9.97 Å². The largest absolute Gasteiger partial charge is 0.300 e. The SMILES string of the molecule is c1ccc2c(c1)Cc1c3c4nccn4c4cccc(c4Cc4n-2cc[n+]4-c2ccccc2-3)n2ccnc12. The molecule has 3 aromatic carbocycles. The smallest absolute Gasteiger partial charge is 0.271 e. The molecule has 0 saturated carbocycles. The first kappa shape index (κ1) is 19.2. The van der Waals surface area contributed by atoms with Crippen molar-refractivity contribution in [1.82, 2.24) is 23.3 Å². The van der Waals surface area contributed by atoms with Crippen molar-refractivity contribution < 1.29 is 4.57 Å². The predicted molar refractivity (Wildman–Crippen MR) is 142 cm³/mol. The summed E-state index contributed by atoms with van der Waals surface area (Å²) < 4.78 is 9.29. The number of hydrogen-bond donors (Lipinski definition) is 0. The van der Waals surface area contributed by atoms with E-state index in [0.717, 1.165) is 57.5 Å². The summed E-state index contributed by atoms with van der Waals surface area (Å²) in [5.41, 5.74) is 12.5. The molecule has 4 aromatic heterocycles. The van der Waals surface area contributed by atoms with E-state index in [0.29, 0.717) is 0 Å². The molecule has 7 bridgehead atoms. The van der Waals surface area contributed by atoms with Crippen molar-refractivity contribution in [3.8, 4) is 22.5 Å². The lowest BCUT2D eigenvalue weighted by Crippen LogP contribution is -2.36. The molecular weight excluding hydrogens is 456 g/mol. The lowest BCUT2D eigenvalue weighted by molar-refractivity contribution is -0.602. The van der Waals surface area contributed by atoms with Crippen LogP contribution in [0, 0.1) is 0 Å². The van der Waals surface area contributed by atoms with E-state index in [9.17, 15) is 0 Å². The first-order valence-electron chi connectivity index (χ1n) is 12.6. The highest BCUT2D eigenvalue weighted by Gasteiger charge is 2.31. The number of fused-ring (bicyclic) bond motifs is 5. The van der Waals surface area contributed by atoms with Gasteiger partial charge in [-0.05, 0) is 30.3 Å². The van der Waals surface area contributed by atoms with E-state index >= 15 is 0 Å². The molecule has 0 spiro atoms. The van der Waals surface area contributed by atoms with Gasteiger partial charge in [0.25, 0.3) is 5.82 Å². The molecular formula is C31H21N6+. The van der Waals surface area contributed by atoms with E-state index < -0.39 is 0 Å². The van der Waals surface area contributed by atoms with Crippen LogP contribution in [0.15, 0.2) is 104 Å². The van der Waals surface area contributed by atoms with Crippen LogP contribution in [0.5, 0.6) is 0 Å². The fourth-order valence-corrected chi connectivity index (χ4v) is 6.47. The third-order valence-corrected chi connectivity index (χ3v) is 8.03. The quantitative estimate of drug-likeness (QED) is 0.280. The van der Waals surface area contributed by atoms with Gasteiger partial charge in [-0.1, -0.05) is 36.4 Å². The highest BCUT2D eigenvalue weighted by molar-refractivity contribution is 5.90. The standard InChI is InChI=1S/C31H21N6/c1-3-8-24-20(6-1)18-23-29-21-7-2-4-9-25(21)35-17-16-34(24)28(35)19-22-26(36-14-12-32-30(23)36)10-5-11-27(22)37-15-13-33-31(29)37/h1-17H,18-19H2/q+1. The number of rotatable bonds is 0. The van der Waals surface area contributed by atoms with Crippen molar-refractivity contribution in [3.05, 3.63) is 126 Å². The zero-order valence-electron chi connectivity index (χ0n) is 19.9. The van der Waals surface area contributed by atoms with Crippen LogP contribution in [0.2, 0.25) is 0 Å². The van der Waals surface area contributed by atoms with Gasteiger partial charge in [0.1, 0.15) is 35.1 Å². The second kappa shape index (κ2) is 6.83. The Morgan fingerprint density at radius 1 is 0.676 bits per heavy atom. The minimum atomic E-state index is 0.729. The summed E-state index contributed by atoms with van der Waals surface area (Å²) in [5, 5.41) is 0. The van der Waals surface area contributed by atoms with Gasteiger partial charge in [-0.3, -0.25) is 8.80 Å². The van der Waals surface area contributed by atoms with Gasteiger partial charge in [0.2, 0.25) is 0 Å². The average Bonchev–Trinajstić information content (AvgIpc) is 3.68. The second-order valence-electron chi connectivity index (χ2n) is 9.82. The highest BCUT2D eigenvalue weighted by atomic mass is 15.2. The maximum absolute atomic E-state index is 5.01. The Kier molecular flexibility index (Phi) is 3.55. The number of imidazole rings is 3. The number of para-hydroxylation sites is 2. The van der Waals surface area contributed by atoms with Gasteiger partial charge in [-0.25, -0.2) is 9.97 Å². The van der Waals surface area contributed by atoms with Gasteiger partial charge in [0, 0.05) is 59.0 Å². The molecule has 0 unspecified atom stereocenters. The van der Waals surface area contributed by atoms with Crippen LogP contribution in [0.4, 0.5) is 0 Å². The monoisotopic (exact) mass is 477 g/mol. The lowest BCUT2D eigenvalue weighted by atomic mass is 9.94. The third kappa shape index (κ3) is 2.42. The Labute approximate surface area is 212 Å². The number of aromatic nitrogens is 6. The molecule has 0 atom stereocenters. The van der Waals surface area contributed by atoms with Gasteiger partial charge < -0.3 is 0 Å². The van der Waals surface area contributed by atoms with Gasteiger partial charge in [-0.2, -0.15) is 9.13 Å². The maximum atomic E-state index is 5.01. The summed E-state index contributed by atoms with van der Waals surface area (Å²) in [4.78, 5) is 10.0. The fraction of sp³-hybridized carbons (Fsp3) is 0.0645. The van der Waals surface area contributed by atoms with Crippen molar-refractivity contribution in [2.24, 2.45) is 0 Å². The van der Waals surface area contributed by atoms with Crippen molar-refractivity contribution in [2.75, 3.05) is 0 Å². The summed E-state index contributed by atoms with van der Waals surface area (Å²) in [6.45, 7) is 0. The van der Waals surface area contributed by atoms with Crippen molar-refractivity contribution in [1.29, 1.82) is 0 Å². The molecule has 2 aliphatic heterocycles. The molecule has 0 fully saturated rings. The van der Waals surface area contributed by atoms with Crippen molar-refractivity contribution in [3.63, 3.8) is 0 Å². The Hall–Kier alpha value is -4.97. The average molecular weight is 478 g/mol. The Bertz CT molecular complexity index is 2110. The summed E-state index contributed by atoms with van der Waals surface area (Å²) in [5.74, 6) is 1.21. The Balaban J connectivity index is 1.71. The topological polar surface area (TPSA) is 43.4 Å². The fourth-order valence-electron chi connectivity index (χ4n) is 6.47. The van der Waals surface area contributed by atoms with Crippen LogP contribution in [0.1, 0.15) is 22.5 Å². The molecule has 0 N–H and O–H groups in total. The molecule has 7 aromatic rings. The molecule has 0 radical (unpaired) electrons. The van der Waals surface area contributed by atoms with Crippen molar-refractivity contribution >= 4 is 22.3 Å². The molecule has 0 amide bonds. The van der Waals surface area contributed by atoms with E-state index in [1.807, 2.05) is 12.4 Å². The van der Waals surface area contributed by atoms with Crippen molar-refractivity contribution in [2.45, 2.75) is 12.8 Å². The zero-order valence-corrected chi connectivity index (χ0v) is 19.9. The van der Waals surface area contributed by atoms with Crippen LogP contribution in [0.25, 0.3) is 44.8 Å². The van der Waals surface area contributed by atoms with Crippen LogP contribution in [-0.4, -0.2) is 23.3 Å². The molecule has 37 heavy (non-hydrogen) atoms. The number of benzene rings is 3. The molecule has 6 nitrogen and oxygen atoms in total. The Morgan fingerprint density at radius 3 is 2.32 bits per heavy atom. The predicted octanol–water partition coefficient (Wildman–Crippen LogP) is 5.24. The molecule has 0 aliphatic carbocycles. The molecule has 174 valence electrons. The summed E-state index contributed by atoms with van der Waals surface area (Å²) >= 11 is 0. The third-order valence-electron chi connectivity index (χ3n) is 8.03. The lowest BCUT2D eigenvalue weighted by Gasteiger charge is -2.17. The summed E-state index contributed by atoms with van der Waals surface area (Å²) in [7, 11) is 0. The van der Waals surface area contributed by atoms with Crippen LogP contribution in [0.3, 0.4) is 0 Å². The molecule has 2 aliphatic rings. The minimum Gasteiger partial charge on any atom is -0.300 e. The van der Waals surface area contributed by atoms with Crippen LogP contribution in [-0.2, 0) is 12.8 Å². The minimum absolute atomic E-state index is 0.729. The summed E-state index contributed by atoms with van der Waals surface area (Å²) in [6, 6.07) is 24.0. The van der Waals surface area contributed by atoms with Crippen LogP contribution >= 0.6 is 0 Å². The molecule has 0 saturated heterocycles. The van der Waals surface area contributed by atoms with E-state index in [2.05, 4.69) is 109 Å². The molecule has 6 heterocycles. The second-order valence-corrected chi connectivity index (χ2v) is 9.82. The highest BCUT2D eigenvalue weighted by Crippen LogP contribution is 2.38. The van der Waals surface area contributed by atoms with Crippen LogP contribution < -0.4 is 4.57 Å². The van der Waals surface area contributed by atoms with Gasteiger partial charge in [-0.15, -0.1) is 0 Å². The molecule has 6 heteroatoms. The Morgan fingerprint density at radius 2 is 1.43 bits per heavy atom. The van der Waals surface area contributed by atoms with Gasteiger partial charge >= 0.3 is 0 Å². The zero-order chi connectivity index (χ0) is 24.1. The molecule has 9 rings (SSSR count). The first-order chi connectivity index (χ1) is 18.4. The number of nitrogens with zero attached hydrogens (tertiary/aromatic N) is 6. The maximum Gasteiger partial charge on any atom is 0.271 e. The normalized spacial score (nSPS) is 13.2. The van der Waals surface area contributed by atoms with E-state index in [1.165, 1.54) is 22.6 Å². The van der Waals surface area contributed by atoms with E-state index in [1.54, 1.807) is 0 Å². The van der Waals surface area contributed by atoms with Gasteiger partial charge in [0.05, 0.1) is 17.5 Å². The number of hydrogen-bond acceptors (Lipinski definition) is 2. The summed E-state index contributed by atoms with van der Waals surface area (Å²) in [6.07, 6.45) is 13.9. The first-order valence-corrected chi connectivity index (χ1v) is 12.6.